The molecule has 0 unspecified atom stereocenters. The average Bonchev–Trinajstić information content (AvgIpc) is 2.71. The number of piperazine rings is 1. The maximum absolute atomic E-state index is 12.1. The normalized spacial score (nSPS) is 14.3. The van der Waals surface area contributed by atoms with Crippen LogP contribution in [0.1, 0.15) is 42.2 Å². The molecule has 1 aliphatic rings. The molecule has 5 nitrogen and oxygen atoms in total. The van der Waals surface area contributed by atoms with Gasteiger partial charge in [-0.15, -0.1) is 0 Å². The van der Waals surface area contributed by atoms with E-state index in [1.807, 2.05) is 18.3 Å². The van der Waals surface area contributed by atoms with Crippen molar-refractivity contribution >= 4 is 17.3 Å². The average molecular weight is 367 g/mol. The molecule has 2 heterocycles. The topological polar surface area (TPSA) is 48.5 Å². The van der Waals surface area contributed by atoms with Gasteiger partial charge in [0.05, 0.1) is 11.9 Å². The van der Waals surface area contributed by atoms with Crippen LogP contribution in [-0.4, -0.2) is 43.6 Å². The number of carbonyl (C=O) groups excluding carboxylic acids is 1. The van der Waals surface area contributed by atoms with Gasteiger partial charge in [-0.05, 0) is 43.2 Å². The Morgan fingerprint density at radius 1 is 1.04 bits per heavy atom. The minimum Gasteiger partial charge on any atom is -0.368 e. The largest absolute Gasteiger partial charge is 0.368 e. The van der Waals surface area contributed by atoms with E-state index in [1.165, 1.54) is 11.3 Å². The SMILES string of the molecule is CCCCCNC(=O)c1ccc(N2CCN(c3cccc(C)c3)CC2)cn1. The summed E-state index contributed by atoms with van der Waals surface area (Å²) >= 11 is 0. The van der Waals surface area contributed by atoms with E-state index in [0.29, 0.717) is 5.69 Å². The lowest BCUT2D eigenvalue weighted by atomic mass is 10.2. The molecule has 1 aliphatic heterocycles. The van der Waals surface area contributed by atoms with E-state index >= 15 is 0 Å². The van der Waals surface area contributed by atoms with Crippen molar-refractivity contribution in [2.24, 2.45) is 0 Å². The third-order valence-corrected chi connectivity index (χ3v) is 5.06. The van der Waals surface area contributed by atoms with Crippen LogP contribution in [0.5, 0.6) is 0 Å². The molecule has 0 radical (unpaired) electrons. The number of amides is 1. The van der Waals surface area contributed by atoms with E-state index in [0.717, 1.165) is 57.7 Å². The molecule has 1 fully saturated rings. The Morgan fingerprint density at radius 3 is 2.41 bits per heavy atom. The number of pyridine rings is 1. The second-order valence-corrected chi connectivity index (χ2v) is 7.18. The maximum Gasteiger partial charge on any atom is 0.269 e. The Kier molecular flexibility index (Phi) is 6.69. The Hall–Kier alpha value is -2.56. The number of aryl methyl sites for hydroxylation is 1. The van der Waals surface area contributed by atoms with E-state index in [4.69, 9.17) is 0 Å². The van der Waals surface area contributed by atoms with Crippen molar-refractivity contribution < 1.29 is 4.79 Å². The summed E-state index contributed by atoms with van der Waals surface area (Å²) in [6.07, 6.45) is 5.13. The molecule has 3 rings (SSSR count). The van der Waals surface area contributed by atoms with Crippen molar-refractivity contribution in [2.45, 2.75) is 33.1 Å². The highest BCUT2D eigenvalue weighted by atomic mass is 16.1. The summed E-state index contributed by atoms with van der Waals surface area (Å²) in [4.78, 5) is 21.3. The van der Waals surface area contributed by atoms with Gasteiger partial charge in [-0.1, -0.05) is 31.9 Å². The van der Waals surface area contributed by atoms with Gasteiger partial charge in [0.15, 0.2) is 0 Å². The van der Waals surface area contributed by atoms with Crippen molar-refractivity contribution in [1.29, 1.82) is 0 Å². The zero-order chi connectivity index (χ0) is 19.1. The number of nitrogens with zero attached hydrogens (tertiary/aromatic N) is 3. The van der Waals surface area contributed by atoms with Gasteiger partial charge in [-0.2, -0.15) is 0 Å². The third-order valence-electron chi connectivity index (χ3n) is 5.06. The van der Waals surface area contributed by atoms with Gasteiger partial charge in [-0.3, -0.25) is 4.79 Å². The number of aromatic nitrogens is 1. The summed E-state index contributed by atoms with van der Waals surface area (Å²) in [5.74, 6) is -0.0816. The Morgan fingerprint density at radius 2 is 1.78 bits per heavy atom. The summed E-state index contributed by atoms with van der Waals surface area (Å²) in [7, 11) is 0. The third kappa shape index (κ3) is 5.22. The molecule has 0 saturated carbocycles. The zero-order valence-corrected chi connectivity index (χ0v) is 16.4. The minimum absolute atomic E-state index is 0.0816. The molecule has 1 aromatic carbocycles. The lowest BCUT2D eigenvalue weighted by Gasteiger charge is -2.37. The number of hydrogen-bond donors (Lipinski definition) is 1. The zero-order valence-electron chi connectivity index (χ0n) is 16.4. The van der Waals surface area contributed by atoms with Crippen LogP contribution in [0.4, 0.5) is 11.4 Å². The van der Waals surface area contributed by atoms with Crippen LogP contribution in [0.2, 0.25) is 0 Å². The monoisotopic (exact) mass is 366 g/mol. The van der Waals surface area contributed by atoms with Crippen LogP contribution in [0.3, 0.4) is 0 Å². The first-order valence-corrected chi connectivity index (χ1v) is 9.98. The van der Waals surface area contributed by atoms with Crippen LogP contribution in [-0.2, 0) is 0 Å². The summed E-state index contributed by atoms with van der Waals surface area (Å²) in [5.41, 5.74) is 4.17. The molecular formula is C22H30N4O. The van der Waals surface area contributed by atoms with E-state index in [-0.39, 0.29) is 5.91 Å². The molecule has 2 aromatic rings. The second kappa shape index (κ2) is 9.40. The number of anilines is 2. The molecule has 0 spiro atoms. The molecule has 1 amide bonds. The van der Waals surface area contributed by atoms with Gasteiger partial charge in [0.1, 0.15) is 5.69 Å². The molecule has 1 aromatic heterocycles. The Labute approximate surface area is 162 Å². The molecule has 27 heavy (non-hydrogen) atoms. The maximum atomic E-state index is 12.1. The van der Waals surface area contributed by atoms with E-state index < -0.39 is 0 Å². The van der Waals surface area contributed by atoms with Gasteiger partial charge in [0.2, 0.25) is 0 Å². The van der Waals surface area contributed by atoms with Crippen LogP contribution < -0.4 is 15.1 Å². The summed E-state index contributed by atoms with van der Waals surface area (Å²) in [5, 5.41) is 2.94. The number of carbonyl (C=O) groups is 1. The quantitative estimate of drug-likeness (QED) is 0.760. The number of hydrogen-bond acceptors (Lipinski definition) is 4. The molecule has 1 saturated heterocycles. The van der Waals surface area contributed by atoms with Crippen LogP contribution in [0.15, 0.2) is 42.6 Å². The fraction of sp³-hybridized carbons (Fsp3) is 0.455. The van der Waals surface area contributed by atoms with Crippen molar-refractivity contribution in [3.05, 3.63) is 53.9 Å². The highest BCUT2D eigenvalue weighted by Gasteiger charge is 2.18. The molecule has 0 atom stereocenters. The standard InChI is InChI=1S/C22H30N4O/c1-3-4-5-11-23-22(27)21-10-9-20(17-24-21)26-14-12-25(13-15-26)19-8-6-7-18(2)16-19/h6-10,16-17H,3-5,11-15H2,1-2H3,(H,23,27). The van der Waals surface area contributed by atoms with Gasteiger partial charge in [0.25, 0.3) is 5.91 Å². The van der Waals surface area contributed by atoms with Gasteiger partial charge in [0, 0.05) is 38.4 Å². The van der Waals surface area contributed by atoms with Gasteiger partial charge >= 0.3 is 0 Å². The van der Waals surface area contributed by atoms with Crippen LogP contribution in [0, 0.1) is 6.92 Å². The van der Waals surface area contributed by atoms with Crippen molar-refractivity contribution in [2.75, 3.05) is 42.5 Å². The van der Waals surface area contributed by atoms with E-state index in [2.05, 4.69) is 58.2 Å². The Balaban J connectivity index is 1.52. The molecule has 144 valence electrons. The van der Waals surface area contributed by atoms with Crippen molar-refractivity contribution in [1.82, 2.24) is 10.3 Å². The predicted molar refractivity (Wildman–Crippen MR) is 112 cm³/mol. The highest BCUT2D eigenvalue weighted by Crippen LogP contribution is 2.21. The van der Waals surface area contributed by atoms with Gasteiger partial charge < -0.3 is 15.1 Å². The first-order chi connectivity index (χ1) is 13.2. The molecule has 5 heteroatoms. The first-order valence-electron chi connectivity index (χ1n) is 9.98. The number of benzene rings is 1. The lowest BCUT2D eigenvalue weighted by molar-refractivity contribution is 0.0948. The van der Waals surface area contributed by atoms with E-state index in [9.17, 15) is 4.79 Å². The summed E-state index contributed by atoms with van der Waals surface area (Å²) < 4.78 is 0. The van der Waals surface area contributed by atoms with Crippen LogP contribution >= 0.6 is 0 Å². The van der Waals surface area contributed by atoms with E-state index in [1.54, 1.807) is 0 Å². The fourth-order valence-corrected chi connectivity index (χ4v) is 3.42. The summed E-state index contributed by atoms with van der Waals surface area (Å²) in [6, 6.07) is 12.5. The highest BCUT2D eigenvalue weighted by molar-refractivity contribution is 5.92. The predicted octanol–water partition coefficient (Wildman–Crippen LogP) is 3.64. The number of unbranched alkanes of at least 4 members (excludes halogenated alkanes) is 2. The fourth-order valence-electron chi connectivity index (χ4n) is 3.42. The number of rotatable bonds is 7. The first kappa shape index (κ1) is 19.2. The Bertz CT molecular complexity index is 736. The van der Waals surface area contributed by atoms with Crippen molar-refractivity contribution in [3.8, 4) is 0 Å². The molecule has 0 bridgehead atoms. The minimum atomic E-state index is -0.0816. The molecule has 0 aliphatic carbocycles. The lowest BCUT2D eigenvalue weighted by Crippen LogP contribution is -2.46. The van der Waals surface area contributed by atoms with Gasteiger partial charge in [-0.25, -0.2) is 4.98 Å². The smallest absolute Gasteiger partial charge is 0.269 e. The second-order valence-electron chi connectivity index (χ2n) is 7.18. The van der Waals surface area contributed by atoms with Crippen LogP contribution in [0.25, 0.3) is 0 Å². The molecule has 1 N–H and O–H groups in total. The van der Waals surface area contributed by atoms with Crippen molar-refractivity contribution in [3.63, 3.8) is 0 Å². The summed E-state index contributed by atoms with van der Waals surface area (Å²) in [6.45, 7) is 8.90. The molecular weight excluding hydrogens is 336 g/mol. The number of nitrogens with one attached hydrogen (secondary N) is 1.